The molecule has 2 heterocycles. The number of hydrogen-bond donors (Lipinski definition) is 0. The maximum atomic E-state index is 11.2. The van der Waals surface area contributed by atoms with Crippen LogP contribution < -0.4 is 0 Å². The Kier molecular flexibility index (Phi) is 4.48. The third kappa shape index (κ3) is 3.21. The second kappa shape index (κ2) is 5.96. The van der Waals surface area contributed by atoms with Crippen LogP contribution in [0.2, 0.25) is 0 Å². The largest absolute Gasteiger partial charge is 0.509 e. The average molecular weight is 353 g/mol. The molecule has 0 radical (unpaired) electrons. The molecule has 0 aromatic heterocycles. The topological polar surface area (TPSA) is 97.4 Å². The van der Waals surface area contributed by atoms with Gasteiger partial charge in [-0.25, -0.2) is 4.79 Å². The standard InChI is InChI=1S/C11H13BrO8/c1-4(13)16-3-6-7(17-5(2)14)8-9(10(12)18-6)20-11(15)19-8/h6-10H,3H2,1-2H3/t6-,7-,8-,9-,10+/m1/s1. The van der Waals surface area contributed by atoms with Gasteiger partial charge in [0.2, 0.25) is 0 Å². The van der Waals surface area contributed by atoms with Gasteiger partial charge in [0, 0.05) is 13.8 Å². The van der Waals surface area contributed by atoms with Crippen molar-refractivity contribution in [1.29, 1.82) is 0 Å². The van der Waals surface area contributed by atoms with Crippen LogP contribution in [0.4, 0.5) is 4.79 Å². The number of esters is 2. The minimum Gasteiger partial charge on any atom is -0.463 e. The fraction of sp³-hybridized carbons (Fsp3) is 0.727. The van der Waals surface area contributed by atoms with Crippen LogP contribution >= 0.6 is 15.9 Å². The first-order valence-electron chi connectivity index (χ1n) is 5.86. The van der Waals surface area contributed by atoms with E-state index in [1.54, 1.807) is 0 Å². The molecular weight excluding hydrogens is 340 g/mol. The van der Waals surface area contributed by atoms with Gasteiger partial charge in [-0.3, -0.25) is 9.59 Å². The number of carbonyl (C=O) groups excluding carboxylic acids is 3. The van der Waals surface area contributed by atoms with Crippen LogP contribution in [0.25, 0.3) is 0 Å². The van der Waals surface area contributed by atoms with E-state index in [-0.39, 0.29) is 6.61 Å². The molecule has 0 amide bonds. The molecular formula is C11H13BrO8. The summed E-state index contributed by atoms with van der Waals surface area (Å²) in [5, 5.41) is -0.647. The molecule has 0 saturated carbocycles. The summed E-state index contributed by atoms with van der Waals surface area (Å²) in [6.07, 6.45) is -4.08. The fourth-order valence-electron chi connectivity index (χ4n) is 2.04. The van der Waals surface area contributed by atoms with Crippen molar-refractivity contribution in [1.82, 2.24) is 0 Å². The van der Waals surface area contributed by atoms with E-state index in [9.17, 15) is 14.4 Å². The van der Waals surface area contributed by atoms with Crippen LogP contribution in [-0.2, 0) is 33.3 Å². The second-order valence-corrected chi connectivity index (χ2v) is 5.22. The first-order valence-corrected chi connectivity index (χ1v) is 6.77. The molecule has 0 N–H and O–H groups in total. The highest BCUT2D eigenvalue weighted by Gasteiger charge is 2.55. The summed E-state index contributed by atoms with van der Waals surface area (Å²) in [7, 11) is 0. The Hall–Kier alpha value is -1.35. The number of alkyl halides is 1. The summed E-state index contributed by atoms with van der Waals surface area (Å²) in [4.78, 5) is 33.3. The lowest BCUT2D eigenvalue weighted by Gasteiger charge is -2.38. The lowest BCUT2D eigenvalue weighted by atomic mass is 10.0. The number of halogens is 1. The van der Waals surface area contributed by atoms with E-state index in [1.807, 2.05) is 0 Å². The van der Waals surface area contributed by atoms with Crippen LogP contribution in [0.1, 0.15) is 13.8 Å². The smallest absolute Gasteiger partial charge is 0.463 e. The molecule has 2 saturated heterocycles. The third-order valence-corrected chi connectivity index (χ3v) is 3.53. The molecule has 112 valence electrons. The third-order valence-electron chi connectivity index (χ3n) is 2.79. The Balaban J connectivity index is 2.14. The number of hydrogen-bond acceptors (Lipinski definition) is 8. The molecule has 2 rings (SSSR count). The SMILES string of the molecule is CC(=O)OC[C@H]1O[C@H](Br)[C@@H]2OC(=O)O[C@@H]2[C@@H]1OC(C)=O. The first kappa shape index (κ1) is 15.0. The van der Waals surface area contributed by atoms with Crippen molar-refractivity contribution in [3.63, 3.8) is 0 Å². The highest BCUT2D eigenvalue weighted by molar-refractivity contribution is 9.09. The van der Waals surface area contributed by atoms with Crippen molar-refractivity contribution >= 4 is 34.0 Å². The molecule has 0 aromatic rings. The molecule has 0 aliphatic carbocycles. The first-order chi connectivity index (χ1) is 9.38. The zero-order valence-corrected chi connectivity index (χ0v) is 12.3. The molecule has 2 aliphatic rings. The van der Waals surface area contributed by atoms with Gasteiger partial charge in [-0.1, -0.05) is 15.9 Å². The zero-order valence-electron chi connectivity index (χ0n) is 10.7. The molecule has 5 atom stereocenters. The molecule has 0 spiro atoms. The Morgan fingerprint density at radius 1 is 1.20 bits per heavy atom. The maximum absolute atomic E-state index is 11.2. The number of carbonyl (C=O) groups is 3. The minimum absolute atomic E-state index is 0.129. The molecule has 20 heavy (non-hydrogen) atoms. The second-order valence-electron chi connectivity index (χ2n) is 4.32. The van der Waals surface area contributed by atoms with Crippen LogP contribution in [-0.4, -0.2) is 54.1 Å². The lowest BCUT2D eigenvalue weighted by molar-refractivity contribution is -0.199. The van der Waals surface area contributed by atoms with Crippen molar-refractivity contribution in [3.8, 4) is 0 Å². The van der Waals surface area contributed by atoms with Crippen molar-refractivity contribution in [2.45, 2.75) is 43.3 Å². The van der Waals surface area contributed by atoms with Crippen molar-refractivity contribution in [2.24, 2.45) is 0 Å². The summed E-state index contributed by atoms with van der Waals surface area (Å²) in [5.41, 5.74) is 0. The van der Waals surface area contributed by atoms with Gasteiger partial charge >= 0.3 is 18.1 Å². The Labute approximate surface area is 122 Å². The van der Waals surface area contributed by atoms with E-state index < -0.39 is 47.5 Å². The highest BCUT2D eigenvalue weighted by Crippen LogP contribution is 2.35. The van der Waals surface area contributed by atoms with Gasteiger partial charge < -0.3 is 23.7 Å². The van der Waals surface area contributed by atoms with Crippen molar-refractivity contribution < 1.29 is 38.1 Å². The molecule has 0 aromatic carbocycles. The van der Waals surface area contributed by atoms with Gasteiger partial charge in [0.1, 0.15) is 12.7 Å². The molecule has 9 heteroatoms. The summed E-state index contributed by atoms with van der Waals surface area (Å²) >= 11 is 3.20. The Morgan fingerprint density at radius 3 is 2.45 bits per heavy atom. The van der Waals surface area contributed by atoms with Gasteiger partial charge in [0.05, 0.1) is 0 Å². The normalized spacial score (nSPS) is 35.5. The van der Waals surface area contributed by atoms with E-state index in [4.69, 9.17) is 23.7 Å². The van der Waals surface area contributed by atoms with Crippen molar-refractivity contribution in [3.05, 3.63) is 0 Å². The number of fused-ring (bicyclic) bond motifs is 1. The molecule has 8 nitrogen and oxygen atoms in total. The maximum Gasteiger partial charge on any atom is 0.509 e. The minimum atomic E-state index is -0.905. The Morgan fingerprint density at radius 2 is 1.85 bits per heavy atom. The predicted molar refractivity (Wildman–Crippen MR) is 64.9 cm³/mol. The Bertz CT molecular complexity index is 425. The van der Waals surface area contributed by atoms with Crippen LogP contribution in [0.3, 0.4) is 0 Å². The van der Waals surface area contributed by atoms with Crippen LogP contribution in [0.15, 0.2) is 0 Å². The summed E-state index contributed by atoms with van der Waals surface area (Å²) in [6, 6.07) is 0. The van der Waals surface area contributed by atoms with Gasteiger partial charge in [-0.15, -0.1) is 0 Å². The monoisotopic (exact) mass is 352 g/mol. The summed E-state index contributed by atoms with van der Waals surface area (Å²) < 4.78 is 25.4. The van der Waals surface area contributed by atoms with E-state index in [2.05, 4.69) is 15.9 Å². The summed E-state index contributed by atoms with van der Waals surface area (Å²) in [6.45, 7) is 2.34. The van der Waals surface area contributed by atoms with Gasteiger partial charge in [0.15, 0.2) is 23.3 Å². The lowest BCUT2D eigenvalue weighted by Crippen LogP contribution is -2.57. The molecule has 0 unspecified atom stereocenters. The van der Waals surface area contributed by atoms with E-state index in [1.165, 1.54) is 13.8 Å². The van der Waals surface area contributed by atoms with Gasteiger partial charge in [-0.2, -0.15) is 0 Å². The van der Waals surface area contributed by atoms with Gasteiger partial charge in [0.25, 0.3) is 0 Å². The molecule has 0 bridgehead atoms. The quantitative estimate of drug-likeness (QED) is 0.411. The molecule has 2 fully saturated rings. The van der Waals surface area contributed by atoms with E-state index in [0.717, 1.165) is 0 Å². The highest BCUT2D eigenvalue weighted by atomic mass is 79.9. The number of rotatable bonds is 3. The average Bonchev–Trinajstić information content (AvgIpc) is 2.72. The zero-order chi connectivity index (χ0) is 14.9. The fourth-order valence-corrected chi connectivity index (χ4v) is 2.73. The number of ether oxygens (including phenoxy) is 5. The van der Waals surface area contributed by atoms with E-state index >= 15 is 0 Å². The van der Waals surface area contributed by atoms with Crippen LogP contribution in [0, 0.1) is 0 Å². The van der Waals surface area contributed by atoms with Gasteiger partial charge in [-0.05, 0) is 0 Å². The summed E-state index contributed by atoms with van der Waals surface area (Å²) in [5.74, 6) is -1.07. The molecule has 2 aliphatic heterocycles. The van der Waals surface area contributed by atoms with Crippen molar-refractivity contribution in [2.75, 3.05) is 6.61 Å². The van der Waals surface area contributed by atoms with Crippen LogP contribution in [0.5, 0.6) is 0 Å². The van der Waals surface area contributed by atoms with E-state index in [0.29, 0.717) is 0 Å². The predicted octanol–water partition coefficient (Wildman–Crippen LogP) is 0.505.